The highest BCUT2D eigenvalue weighted by Gasteiger charge is 2.15. The Bertz CT molecular complexity index is 395. The van der Waals surface area contributed by atoms with Crippen molar-refractivity contribution in [2.45, 2.75) is 19.6 Å². The molecule has 3 N–H and O–H groups in total. The molecule has 90 valence electrons. The lowest BCUT2D eigenvalue weighted by atomic mass is 10.2. The van der Waals surface area contributed by atoms with Crippen LogP contribution in [0.3, 0.4) is 0 Å². The topological polar surface area (TPSA) is 100 Å². The first kappa shape index (κ1) is 12.7. The largest absolute Gasteiger partial charge is 0.484 e. The molecule has 0 amide bonds. The summed E-state index contributed by atoms with van der Waals surface area (Å²) in [6.07, 6.45) is -1.35. The van der Waals surface area contributed by atoms with E-state index in [4.69, 9.17) is 20.1 Å². The van der Waals surface area contributed by atoms with Crippen molar-refractivity contribution in [3.63, 3.8) is 0 Å². The van der Waals surface area contributed by atoms with Crippen LogP contribution >= 0.6 is 0 Å². The minimum Gasteiger partial charge on any atom is -0.484 e. The van der Waals surface area contributed by atoms with Crippen LogP contribution in [0.1, 0.15) is 24.5 Å². The quantitative estimate of drug-likeness (QED) is 0.593. The highest BCUT2D eigenvalue weighted by Crippen LogP contribution is 2.18. The lowest BCUT2D eigenvalue weighted by molar-refractivity contribution is -0.0602. The molecule has 0 unspecified atom stereocenters. The van der Waals surface area contributed by atoms with E-state index in [2.05, 4.69) is 4.42 Å². The van der Waals surface area contributed by atoms with Crippen LogP contribution in [0.15, 0.2) is 15.3 Å². The molecule has 0 aliphatic rings. The van der Waals surface area contributed by atoms with Gasteiger partial charge in [-0.2, -0.15) is 0 Å². The minimum absolute atomic E-state index is 0.000880. The fourth-order valence-electron chi connectivity index (χ4n) is 1.24. The highest BCUT2D eigenvalue weighted by atomic mass is 16.5. The summed E-state index contributed by atoms with van der Waals surface area (Å²) in [5, 5.41) is 26.3. The molecule has 0 bridgehead atoms. The van der Waals surface area contributed by atoms with E-state index < -0.39 is 11.9 Å². The van der Waals surface area contributed by atoms with Gasteiger partial charge < -0.3 is 24.5 Å². The molecule has 0 atom stereocenters. The number of aliphatic hydroxyl groups excluding tert-OH is 2. The van der Waals surface area contributed by atoms with E-state index in [1.165, 1.54) is 6.07 Å². The number of aryl methyl sites for hydroxylation is 1. The average molecular weight is 230 g/mol. The summed E-state index contributed by atoms with van der Waals surface area (Å²) in [6, 6.07) is 1.35. The van der Waals surface area contributed by atoms with Gasteiger partial charge >= 0.3 is 5.63 Å². The molecule has 0 radical (unpaired) electrons. The summed E-state index contributed by atoms with van der Waals surface area (Å²) >= 11 is 0. The van der Waals surface area contributed by atoms with Gasteiger partial charge in [-0.15, -0.1) is 0 Å². The van der Waals surface area contributed by atoms with Gasteiger partial charge in [-0.25, -0.2) is 4.79 Å². The molecule has 0 saturated heterocycles. The zero-order chi connectivity index (χ0) is 12.1. The molecule has 1 rings (SSSR count). The average Bonchev–Trinajstić information content (AvgIpc) is 2.26. The minimum atomic E-state index is -1.83. The predicted octanol–water partition coefficient (Wildman–Crippen LogP) is -0.444. The van der Waals surface area contributed by atoms with Gasteiger partial charge in [-0.1, -0.05) is 6.92 Å². The number of hydrogen-bond acceptors (Lipinski definition) is 6. The molecule has 0 aromatic carbocycles. The van der Waals surface area contributed by atoms with Crippen LogP contribution < -0.4 is 10.4 Å². The van der Waals surface area contributed by atoms with Crippen LogP contribution in [-0.4, -0.2) is 28.5 Å². The van der Waals surface area contributed by atoms with Crippen LogP contribution in [0.25, 0.3) is 0 Å². The van der Waals surface area contributed by atoms with Crippen LogP contribution in [0, 0.1) is 0 Å². The van der Waals surface area contributed by atoms with Crippen LogP contribution in [0.5, 0.6) is 5.75 Å². The van der Waals surface area contributed by atoms with Crippen molar-refractivity contribution in [2.24, 2.45) is 0 Å². The Balaban J connectivity index is 3.13. The normalized spacial score (nSPS) is 10.8. The zero-order valence-corrected chi connectivity index (χ0v) is 8.84. The summed E-state index contributed by atoms with van der Waals surface area (Å²) in [5.74, 6) is -0.223. The maximum Gasteiger partial charge on any atom is 0.379 e. The molecule has 0 aliphatic heterocycles. The van der Waals surface area contributed by atoms with E-state index in [0.29, 0.717) is 12.0 Å². The zero-order valence-electron chi connectivity index (χ0n) is 8.84. The standard InChI is InChI=1S/C10H14O6/c1-2-6-5-7(9(12)13)16-10(14)8(6)15-4-3-11/h5,9,11-13H,2-4H2,1H3. The second kappa shape index (κ2) is 5.64. The molecule has 1 aromatic heterocycles. The summed E-state index contributed by atoms with van der Waals surface area (Å²) in [4.78, 5) is 11.4. The Morgan fingerprint density at radius 3 is 2.69 bits per heavy atom. The van der Waals surface area contributed by atoms with Crippen molar-refractivity contribution >= 4 is 0 Å². The number of ether oxygens (including phenoxy) is 1. The second-order valence-electron chi connectivity index (χ2n) is 3.09. The van der Waals surface area contributed by atoms with E-state index in [1.807, 2.05) is 0 Å². The fraction of sp³-hybridized carbons (Fsp3) is 0.500. The van der Waals surface area contributed by atoms with E-state index in [9.17, 15) is 4.79 Å². The summed E-state index contributed by atoms with van der Waals surface area (Å²) in [7, 11) is 0. The number of aliphatic hydroxyl groups is 3. The lowest BCUT2D eigenvalue weighted by Crippen LogP contribution is -2.14. The Kier molecular flexibility index (Phi) is 4.48. The van der Waals surface area contributed by atoms with Gasteiger partial charge in [0.25, 0.3) is 0 Å². The summed E-state index contributed by atoms with van der Waals surface area (Å²) in [5.41, 5.74) is -0.274. The smallest absolute Gasteiger partial charge is 0.379 e. The van der Waals surface area contributed by atoms with Crippen molar-refractivity contribution in [1.82, 2.24) is 0 Å². The first-order valence-electron chi connectivity index (χ1n) is 4.86. The first-order chi connectivity index (χ1) is 7.60. The van der Waals surface area contributed by atoms with Gasteiger partial charge in [0.15, 0.2) is 5.76 Å². The van der Waals surface area contributed by atoms with Crippen molar-refractivity contribution in [2.75, 3.05) is 13.2 Å². The Morgan fingerprint density at radius 2 is 2.19 bits per heavy atom. The monoisotopic (exact) mass is 230 g/mol. The van der Waals surface area contributed by atoms with Crippen molar-refractivity contribution in [1.29, 1.82) is 0 Å². The summed E-state index contributed by atoms with van der Waals surface area (Å²) in [6.45, 7) is 1.56. The molecule has 0 aliphatic carbocycles. The molecule has 16 heavy (non-hydrogen) atoms. The van der Waals surface area contributed by atoms with Gasteiger partial charge in [0, 0.05) is 5.56 Å². The lowest BCUT2D eigenvalue weighted by Gasteiger charge is -2.09. The maximum atomic E-state index is 11.4. The third kappa shape index (κ3) is 2.82. The van der Waals surface area contributed by atoms with Crippen molar-refractivity contribution < 1.29 is 24.5 Å². The molecule has 6 nitrogen and oxygen atoms in total. The molecular weight excluding hydrogens is 216 g/mol. The van der Waals surface area contributed by atoms with Crippen molar-refractivity contribution in [3.8, 4) is 5.75 Å². The van der Waals surface area contributed by atoms with E-state index in [-0.39, 0.29) is 24.7 Å². The van der Waals surface area contributed by atoms with Crippen LogP contribution in [0.4, 0.5) is 0 Å². The van der Waals surface area contributed by atoms with Gasteiger partial charge in [0.2, 0.25) is 12.0 Å². The number of rotatable bonds is 5. The van der Waals surface area contributed by atoms with Crippen LogP contribution in [-0.2, 0) is 6.42 Å². The molecule has 1 aromatic rings. The van der Waals surface area contributed by atoms with E-state index >= 15 is 0 Å². The van der Waals surface area contributed by atoms with E-state index in [0.717, 1.165) is 0 Å². The van der Waals surface area contributed by atoms with Gasteiger partial charge in [0.1, 0.15) is 6.61 Å². The third-order valence-corrected chi connectivity index (χ3v) is 1.98. The fourth-order valence-corrected chi connectivity index (χ4v) is 1.24. The molecule has 1 heterocycles. The molecule has 6 heteroatoms. The second-order valence-corrected chi connectivity index (χ2v) is 3.09. The van der Waals surface area contributed by atoms with Gasteiger partial charge in [0.05, 0.1) is 6.61 Å². The van der Waals surface area contributed by atoms with Gasteiger partial charge in [-0.3, -0.25) is 0 Å². The number of hydrogen-bond donors (Lipinski definition) is 3. The first-order valence-corrected chi connectivity index (χ1v) is 4.86. The Labute approximate surface area is 91.7 Å². The maximum absolute atomic E-state index is 11.4. The predicted molar refractivity (Wildman–Crippen MR) is 54.1 cm³/mol. The highest BCUT2D eigenvalue weighted by molar-refractivity contribution is 5.31. The Hall–Kier alpha value is -1.37. The molecule has 0 spiro atoms. The molecular formula is C10H14O6. The third-order valence-electron chi connectivity index (χ3n) is 1.98. The SMILES string of the molecule is CCc1cc(C(O)O)oc(=O)c1OCCO. The van der Waals surface area contributed by atoms with Crippen molar-refractivity contribution in [3.05, 3.63) is 27.8 Å². The Morgan fingerprint density at radius 1 is 1.50 bits per heavy atom. The summed E-state index contributed by atoms with van der Waals surface area (Å²) < 4.78 is 9.67. The van der Waals surface area contributed by atoms with Crippen LogP contribution in [0.2, 0.25) is 0 Å². The van der Waals surface area contributed by atoms with Gasteiger partial charge in [-0.05, 0) is 12.5 Å². The molecule has 0 saturated carbocycles. The van der Waals surface area contributed by atoms with E-state index in [1.54, 1.807) is 6.92 Å². The molecule has 0 fully saturated rings.